The predicted molar refractivity (Wildman–Crippen MR) is 87.5 cm³/mol. The molecule has 0 aliphatic heterocycles. The normalized spacial score (nSPS) is 11.5. The Morgan fingerprint density at radius 2 is 2.19 bits per heavy atom. The van der Waals surface area contributed by atoms with Crippen molar-refractivity contribution < 1.29 is 9.53 Å². The topological polar surface area (TPSA) is 50.1 Å². The number of alkyl halides is 1. The molecule has 0 amide bonds. The summed E-state index contributed by atoms with van der Waals surface area (Å²) in [5.74, 6) is 8.32. The number of allylic oxidation sites excluding steroid dienone is 5. The zero-order valence-electron chi connectivity index (χ0n) is 11.4. The highest BCUT2D eigenvalue weighted by atomic mass is 35.5. The molecule has 0 aliphatic carbocycles. The second-order valence-corrected chi connectivity index (χ2v) is 4.38. The Labute approximate surface area is 135 Å². The predicted octanol–water partition coefficient (Wildman–Crippen LogP) is 3.44. The third-order valence-electron chi connectivity index (χ3n) is 1.95. The van der Waals surface area contributed by atoms with Crippen LogP contribution in [0, 0.1) is 29.6 Å². The van der Waals surface area contributed by atoms with Crippen molar-refractivity contribution in [2.75, 3.05) is 12.5 Å². The van der Waals surface area contributed by atoms with Gasteiger partial charge in [-0.2, -0.15) is 0 Å². The minimum absolute atomic E-state index is 0.106. The minimum Gasteiger partial charge on any atom is -0.481 e. The Morgan fingerprint density at radius 1 is 1.43 bits per heavy atom. The molecule has 0 bridgehead atoms. The molecule has 0 unspecified atom stereocenters. The first-order valence-electron chi connectivity index (χ1n) is 5.97. The summed E-state index contributed by atoms with van der Waals surface area (Å²) < 4.78 is 5.26. The first-order chi connectivity index (χ1) is 10.1. The molecule has 1 N–H and O–H groups in total. The van der Waals surface area contributed by atoms with Crippen LogP contribution in [0.5, 0.6) is 0 Å². The van der Waals surface area contributed by atoms with Gasteiger partial charge >= 0.3 is 0 Å². The number of halogens is 2. The molecule has 0 atom stereocenters. The molecule has 0 aromatic rings. The molecule has 0 spiro atoms. The lowest BCUT2D eigenvalue weighted by Crippen LogP contribution is -1.92. The molecule has 0 saturated heterocycles. The molecule has 110 valence electrons. The van der Waals surface area contributed by atoms with Crippen LogP contribution in [0.15, 0.2) is 35.1 Å². The average molecular weight is 324 g/mol. The first-order valence-corrected chi connectivity index (χ1v) is 6.88. The summed E-state index contributed by atoms with van der Waals surface area (Å²) in [7, 11) is 0. The van der Waals surface area contributed by atoms with E-state index in [1.165, 1.54) is 12.2 Å². The smallest absolute Gasteiger partial charge is 0.149 e. The van der Waals surface area contributed by atoms with Crippen LogP contribution >= 0.6 is 23.2 Å². The maximum absolute atomic E-state index is 10.4. The van der Waals surface area contributed by atoms with Gasteiger partial charge in [0.05, 0.1) is 5.88 Å². The highest BCUT2D eigenvalue weighted by molar-refractivity contribution is 6.35. The molecule has 0 saturated carbocycles. The molecule has 0 aromatic carbocycles. The Bertz CT molecular complexity index is 543. The Morgan fingerprint density at radius 3 is 2.81 bits per heavy atom. The van der Waals surface area contributed by atoms with Crippen LogP contribution in [0.3, 0.4) is 0 Å². The van der Waals surface area contributed by atoms with Gasteiger partial charge in [-0.15, -0.1) is 23.9 Å². The number of carbonyl (C=O) groups is 1. The molecular formula is C16H15Cl2NO2. The summed E-state index contributed by atoms with van der Waals surface area (Å²) in [5.41, 5.74) is 0.462. The van der Waals surface area contributed by atoms with Gasteiger partial charge < -0.3 is 10.1 Å². The molecule has 0 radical (unpaired) electrons. The van der Waals surface area contributed by atoms with Gasteiger partial charge in [-0.05, 0) is 12.2 Å². The van der Waals surface area contributed by atoms with Gasteiger partial charge in [0.2, 0.25) is 0 Å². The van der Waals surface area contributed by atoms with Crippen LogP contribution in [0.2, 0.25) is 0 Å². The van der Waals surface area contributed by atoms with E-state index in [0.717, 1.165) is 0 Å². The van der Waals surface area contributed by atoms with E-state index in [2.05, 4.69) is 17.8 Å². The van der Waals surface area contributed by atoms with Crippen LogP contribution in [0.25, 0.3) is 0 Å². The third-order valence-corrected chi connectivity index (χ3v) is 2.62. The van der Waals surface area contributed by atoms with Crippen molar-refractivity contribution in [3.63, 3.8) is 0 Å². The largest absolute Gasteiger partial charge is 0.481 e. The van der Waals surface area contributed by atoms with E-state index in [-0.39, 0.29) is 12.5 Å². The summed E-state index contributed by atoms with van der Waals surface area (Å²) in [6.07, 6.45) is 12.6. The average Bonchev–Trinajstić information content (AvgIpc) is 2.46. The Kier molecular flexibility index (Phi) is 11.9. The molecule has 0 fully saturated rings. The van der Waals surface area contributed by atoms with Gasteiger partial charge in [0.25, 0.3) is 0 Å². The van der Waals surface area contributed by atoms with E-state index >= 15 is 0 Å². The van der Waals surface area contributed by atoms with E-state index in [1.54, 1.807) is 12.2 Å². The van der Waals surface area contributed by atoms with Crippen molar-refractivity contribution in [2.45, 2.75) is 12.8 Å². The van der Waals surface area contributed by atoms with Crippen molar-refractivity contribution in [3.8, 4) is 24.2 Å². The fraction of sp³-hybridized carbons (Fsp3) is 0.250. The van der Waals surface area contributed by atoms with Crippen molar-refractivity contribution in [3.05, 3.63) is 35.1 Å². The minimum atomic E-state index is 0.106. The summed E-state index contributed by atoms with van der Waals surface area (Å²) in [6.45, 7) is 0.106. The molecule has 21 heavy (non-hydrogen) atoms. The maximum atomic E-state index is 10.4. The molecule has 0 rings (SSSR count). The first kappa shape index (κ1) is 19.1. The second kappa shape index (κ2) is 13.1. The van der Waals surface area contributed by atoms with Gasteiger partial charge in [-0.3, -0.25) is 4.79 Å². The van der Waals surface area contributed by atoms with Crippen LogP contribution < -0.4 is 0 Å². The lowest BCUT2D eigenvalue weighted by atomic mass is 10.2. The molecular weight excluding hydrogens is 309 g/mol. The van der Waals surface area contributed by atoms with Crippen LogP contribution in [-0.4, -0.2) is 24.5 Å². The number of rotatable bonds is 8. The van der Waals surface area contributed by atoms with Crippen molar-refractivity contribution in [1.82, 2.24) is 0 Å². The molecule has 5 heteroatoms. The van der Waals surface area contributed by atoms with Crippen LogP contribution in [0.4, 0.5) is 0 Å². The van der Waals surface area contributed by atoms with Gasteiger partial charge in [0, 0.05) is 29.7 Å². The summed E-state index contributed by atoms with van der Waals surface area (Å²) in [4.78, 5) is 10.4. The van der Waals surface area contributed by atoms with Crippen LogP contribution in [-0.2, 0) is 9.53 Å². The van der Waals surface area contributed by atoms with E-state index in [4.69, 9.17) is 39.8 Å². The highest BCUT2D eigenvalue weighted by Gasteiger charge is 1.95. The Balaban J connectivity index is 4.24. The van der Waals surface area contributed by atoms with Gasteiger partial charge in [0.1, 0.15) is 18.7 Å². The fourth-order valence-corrected chi connectivity index (χ4v) is 1.26. The lowest BCUT2D eigenvalue weighted by molar-refractivity contribution is -0.104. The van der Waals surface area contributed by atoms with Crippen molar-refractivity contribution >= 4 is 35.2 Å². The summed E-state index contributed by atoms with van der Waals surface area (Å²) in [6, 6.07) is 0. The number of ether oxygens (including phenoxy) is 1. The number of aldehydes is 1. The number of nitrogens with one attached hydrogen (secondary N) is 1. The van der Waals surface area contributed by atoms with Gasteiger partial charge in [0.15, 0.2) is 0 Å². The van der Waals surface area contributed by atoms with Gasteiger partial charge in [-0.1, -0.05) is 29.5 Å². The molecule has 3 nitrogen and oxygen atoms in total. The van der Waals surface area contributed by atoms with E-state index in [9.17, 15) is 4.79 Å². The molecule has 0 aromatic heterocycles. The summed E-state index contributed by atoms with van der Waals surface area (Å²) >= 11 is 11.3. The van der Waals surface area contributed by atoms with E-state index in [0.29, 0.717) is 35.6 Å². The fourth-order valence-electron chi connectivity index (χ4n) is 1.07. The van der Waals surface area contributed by atoms with E-state index < -0.39 is 0 Å². The van der Waals surface area contributed by atoms with Crippen molar-refractivity contribution in [1.29, 1.82) is 5.41 Å². The number of carbonyl (C=O) groups excluding carboxylic acids is 1. The number of hydrogen-bond acceptors (Lipinski definition) is 3. The zero-order valence-corrected chi connectivity index (χ0v) is 12.9. The van der Waals surface area contributed by atoms with Crippen LogP contribution in [0.1, 0.15) is 12.8 Å². The summed E-state index contributed by atoms with van der Waals surface area (Å²) in [5, 5.41) is 7.82. The monoisotopic (exact) mass is 323 g/mol. The number of hydrogen-bond donors (Lipinski definition) is 1. The third kappa shape index (κ3) is 11.6. The van der Waals surface area contributed by atoms with E-state index in [1.807, 2.05) is 0 Å². The highest BCUT2D eigenvalue weighted by Crippen LogP contribution is 2.09. The van der Waals surface area contributed by atoms with Crippen molar-refractivity contribution in [2.24, 2.45) is 0 Å². The number of terminal acetylenes is 1. The lowest BCUT2D eigenvalue weighted by Gasteiger charge is -2.01. The maximum Gasteiger partial charge on any atom is 0.149 e. The molecule has 0 aliphatic rings. The second-order valence-electron chi connectivity index (χ2n) is 3.63. The standard InChI is InChI=1S/C16H15Cl2NO2/c1-2-7-15(19)8-5-3-4-6-11-21-16(9-10-20)12-14(18)13-17/h1,3,5,9-10,12,19H,7-8,11,13H2/b5-3+,14-12?,16-9?,19-15?. The van der Waals surface area contributed by atoms with Gasteiger partial charge in [-0.25, -0.2) is 0 Å². The zero-order chi connectivity index (χ0) is 15.9. The SMILES string of the molecule is C#CCC(=N)C/C=C/C#CCOC(C=C(Cl)CCl)=CC=O. The quantitative estimate of drug-likeness (QED) is 0.141. The Hall–Kier alpha value is -1.94. The molecule has 0 heterocycles.